The standard InChI is InChI=1S/C12H18N4S/c1-2-10(1)13-9-11-3-4-12(15-14-11)16-5-7-17-8-6-16/h3-4,10,13H,1-2,5-9H2. The van der Waals surface area contributed by atoms with Crippen LogP contribution in [-0.4, -0.2) is 40.8 Å². The number of anilines is 1. The maximum Gasteiger partial charge on any atom is 0.151 e. The van der Waals surface area contributed by atoms with E-state index in [1.807, 2.05) is 11.8 Å². The fourth-order valence-electron chi connectivity index (χ4n) is 1.94. The lowest BCUT2D eigenvalue weighted by atomic mass is 10.3. The van der Waals surface area contributed by atoms with Crippen LogP contribution in [0.5, 0.6) is 0 Å². The second-order valence-electron chi connectivity index (χ2n) is 4.64. The molecule has 0 aromatic carbocycles. The lowest BCUT2D eigenvalue weighted by Crippen LogP contribution is -2.33. The molecule has 1 saturated heterocycles. The zero-order chi connectivity index (χ0) is 11.5. The summed E-state index contributed by atoms with van der Waals surface area (Å²) in [5.41, 5.74) is 1.05. The molecular weight excluding hydrogens is 232 g/mol. The molecule has 1 saturated carbocycles. The van der Waals surface area contributed by atoms with Gasteiger partial charge in [0.2, 0.25) is 0 Å². The van der Waals surface area contributed by atoms with Crippen LogP contribution in [0.15, 0.2) is 12.1 Å². The summed E-state index contributed by atoms with van der Waals surface area (Å²) in [6.07, 6.45) is 2.63. The molecule has 0 spiro atoms. The molecule has 17 heavy (non-hydrogen) atoms. The van der Waals surface area contributed by atoms with E-state index in [1.165, 1.54) is 24.3 Å². The van der Waals surface area contributed by atoms with Gasteiger partial charge in [-0.25, -0.2) is 0 Å². The van der Waals surface area contributed by atoms with Gasteiger partial charge in [0, 0.05) is 37.2 Å². The van der Waals surface area contributed by atoms with E-state index in [0.29, 0.717) is 0 Å². The van der Waals surface area contributed by atoms with Crippen LogP contribution in [0.2, 0.25) is 0 Å². The summed E-state index contributed by atoms with van der Waals surface area (Å²) >= 11 is 2.01. The first-order valence-corrected chi connectivity index (χ1v) is 7.46. The molecule has 1 N–H and O–H groups in total. The van der Waals surface area contributed by atoms with Crippen LogP contribution in [0.25, 0.3) is 0 Å². The molecule has 0 radical (unpaired) electrons. The van der Waals surface area contributed by atoms with Gasteiger partial charge < -0.3 is 10.2 Å². The monoisotopic (exact) mass is 250 g/mol. The van der Waals surface area contributed by atoms with E-state index in [0.717, 1.165) is 37.2 Å². The highest BCUT2D eigenvalue weighted by atomic mass is 32.2. The summed E-state index contributed by atoms with van der Waals surface area (Å²) in [7, 11) is 0. The Kier molecular flexibility index (Phi) is 3.47. The molecule has 0 atom stereocenters. The molecule has 2 fully saturated rings. The van der Waals surface area contributed by atoms with Gasteiger partial charge in [0.05, 0.1) is 5.69 Å². The minimum atomic E-state index is 0.732. The Morgan fingerprint density at radius 1 is 1.24 bits per heavy atom. The van der Waals surface area contributed by atoms with Crippen molar-refractivity contribution in [2.45, 2.75) is 25.4 Å². The number of nitrogens with zero attached hydrogens (tertiary/aromatic N) is 3. The van der Waals surface area contributed by atoms with Gasteiger partial charge in [-0.05, 0) is 25.0 Å². The van der Waals surface area contributed by atoms with Gasteiger partial charge in [-0.15, -0.1) is 5.10 Å². The van der Waals surface area contributed by atoms with E-state index in [9.17, 15) is 0 Å². The normalized spacial score (nSPS) is 20.6. The van der Waals surface area contributed by atoms with Crippen molar-refractivity contribution in [3.63, 3.8) is 0 Å². The molecule has 1 aliphatic carbocycles. The molecule has 4 nitrogen and oxygen atoms in total. The van der Waals surface area contributed by atoms with Gasteiger partial charge in [0.1, 0.15) is 0 Å². The minimum absolute atomic E-state index is 0.732. The molecule has 0 amide bonds. The molecule has 2 heterocycles. The van der Waals surface area contributed by atoms with E-state index in [-0.39, 0.29) is 0 Å². The maximum atomic E-state index is 4.33. The predicted molar refractivity (Wildman–Crippen MR) is 71.4 cm³/mol. The number of hydrogen-bond donors (Lipinski definition) is 1. The molecular formula is C12H18N4S. The lowest BCUT2D eigenvalue weighted by molar-refractivity contribution is 0.663. The molecule has 2 aliphatic rings. The average Bonchev–Trinajstić information content (AvgIpc) is 3.22. The first-order chi connectivity index (χ1) is 8.42. The number of aromatic nitrogens is 2. The van der Waals surface area contributed by atoms with Gasteiger partial charge in [-0.1, -0.05) is 0 Å². The van der Waals surface area contributed by atoms with Crippen molar-refractivity contribution < 1.29 is 0 Å². The molecule has 92 valence electrons. The largest absolute Gasteiger partial charge is 0.353 e. The van der Waals surface area contributed by atoms with Crippen molar-refractivity contribution in [1.82, 2.24) is 15.5 Å². The third kappa shape index (κ3) is 3.10. The summed E-state index contributed by atoms with van der Waals surface area (Å²) < 4.78 is 0. The van der Waals surface area contributed by atoms with Crippen molar-refractivity contribution in [3.05, 3.63) is 17.8 Å². The number of nitrogens with one attached hydrogen (secondary N) is 1. The summed E-state index contributed by atoms with van der Waals surface area (Å²) in [5.74, 6) is 3.43. The van der Waals surface area contributed by atoms with Crippen LogP contribution < -0.4 is 10.2 Å². The van der Waals surface area contributed by atoms with Crippen molar-refractivity contribution in [2.75, 3.05) is 29.5 Å². The Morgan fingerprint density at radius 2 is 2.06 bits per heavy atom. The Bertz CT molecular complexity index is 357. The molecule has 0 unspecified atom stereocenters. The van der Waals surface area contributed by atoms with Crippen LogP contribution in [-0.2, 0) is 6.54 Å². The van der Waals surface area contributed by atoms with Gasteiger partial charge in [-0.3, -0.25) is 0 Å². The lowest BCUT2D eigenvalue weighted by Gasteiger charge is -2.26. The van der Waals surface area contributed by atoms with E-state index >= 15 is 0 Å². The molecule has 1 aromatic heterocycles. The zero-order valence-corrected chi connectivity index (χ0v) is 10.7. The minimum Gasteiger partial charge on any atom is -0.353 e. The van der Waals surface area contributed by atoms with Crippen LogP contribution in [0.3, 0.4) is 0 Å². The molecule has 3 rings (SSSR count). The maximum absolute atomic E-state index is 4.33. The molecule has 1 aromatic rings. The van der Waals surface area contributed by atoms with Gasteiger partial charge in [0.15, 0.2) is 5.82 Å². The van der Waals surface area contributed by atoms with E-state index < -0.39 is 0 Å². The first kappa shape index (κ1) is 11.3. The van der Waals surface area contributed by atoms with Gasteiger partial charge >= 0.3 is 0 Å². The number of hydrogen-bond acceptors (Lipinski definition) is 5. The van der Waals surface area contributed by atoms with Crippen molar-refractivity contribution in [1.29, 1.82) is 0 Å². The quantitative estimate of drug-likeness (QED) is 0.872. The highest BCUT2D eigenvalue weighted by Crippen LogP contribution is 2.19. The predicted octanol–water partition coefficient (Wildman–Crippen LogP) is 1.28. The second-order valence-corrected chi connectivity index (χ2v) is 5.86. The Morgan fingerprint density at radius 3 is 2.71 bits per heavy atom. The Hall–Kier alpha value is -0.810. The van der Waals surface area contributed by atoms with Gasteiger partial charge in [-0.2, -0.15) is 16.9 Å². The van der Waals surface area contributed by atoms with Gasteiger partial charge in [0.25, 0.3) is 0 Å². The SMILES string of the molecule is c1cc(N2CCSCC2)nnc1CNC1CC1. The number of rotatable bonds is 4. The first-order valence-electron chi connectivity index (χ1n) is 6.30. The Labute approximate surface area is 106 Å². The molecule has 0 bridgehead atoms. The topological polar surface area (TPSA) is 41.1 Å². The second kappa shape index (κ2) is 5.23. The summed E-state index contributed by atoms with van der Waals surface area (Å²) in [6, 6.07) is 4.93. The highest BCUT2D eigenvalue weighted by molar-refractivity contribution is 7.99. The van der Waals surface area contributed by atoms with E-state index in [4.69, 9.17) is 0 Å². The van der Waals surface area contributed by atoms with Crippen LogP contribution in [0.4, 0.5) is 5.82 Å². The smallest absolute Gasteiger partial charge is 0.151 e. The average molecular weight is 250 g/mol. The summed E-state index contributed by atoms with van der Waals surface area (Å²) in [5, 5.41) is 12.1. The summed E-state index contributed by atoms with van der Waals surface area (Å²) in [6.45, 7) is 3.05. The van der Waals surface area contributed by atoms with Crippen LogP contribution in [0, 0.1) is 0 Å². The highest BCUT2D eigenvalue weighted by Gasteiger charge is 2.20. The third-order valence-electron chi connectivity index (χ3n) is 3.19. The fourth-order valence-corrected chi connectivity index (χ4v) is 2.85. The van der Waals surface area contributed by atoms with Crippen LogP contribution in [0.1, 0.15) is 18.5 Å². The van der Waals surface area contributed by atoms with Crippen molar-refractivity contribution >= 4 is 17.6 Å². The van der Waals surface area contributed by atoms with Crippen molar-refractivity contribution in [3.8, 4) is 0 Å². The van der Waals surface area contributed by atoms with E-state index in [1.54, 1.807) is 0 Å². The Balaban J connectivity index is 1.58. The van der Waals surface area contributed by atoms with Crippen molar-refractivity contribution in [2.24, 2.45) is 0 Å². The van der Waals surface area contributed by atoms with Crippen LogP contribution >= 0.6 is 11.8 Å². The zero-order valence-electron chi connectivity index (χ0n) is 9.93. The third-order valence-corrected chi connectivity index (χ3v) is 4.13. The molecule has 5 heteroatoms. The molecule has 1 aliphatic heterocycles. The van der Waals surface area contributed by atoms with E-state index in [2.05, 4.69) is 32.5 Å². The fraction of sp³-hybridized carbons (Fsp3) is 0.667. The summed E-state index contributed by atoms with van der Waals surface area (Å²) in [4.78, 5) is 2.32. The number of thioether (sulfide) groups is 1.